The van der Waals surface area contributed by atoms with Crippen molar-refractivity contribution in [2.45, 2.75) is 265 Å². The highest BCUT2D eigenvalue weighted by Crippen LogP contribution is 2.21. The lowest BCUT2D eigenvalue weighted by Crippen LogP contribution is -2.60. The van der Waals surface area contributed by atoms with Crippen LogP contribution in [0.15, 0.2) is 30.5 Å². The van der Waals surface area contributed by atoms with E-state index in [0.29, 0.717) is 48.6 Å². The Kier molecular flexibility index (Phi) is 43.9. The number of amides is 16. The second-order valence-corrected chi connectivity index (χ2v) is 30.3. The molecule has 16 amide bonds. The first-order valence-electron chi connectivity index (χ1n) is 38.6. The van der Waals surface area contributed by atoms with Gasteiger partial charge in [-0.25, -0.2) is 0 Å². The van der Waals surface area contributed by atoms with Crippen molar-refractivity contribution >= 4 is 105 Å². The molecule has 0 spiro atoms. The molecule has 2 rings (SSSR count). The standard InChI is InChI=1S/C75H128N20O16/c1-14-43(11)62(80)74(110)93-57(35-59(79)97)73(109)92-56(34-46-36-82-48-23-17-16-22-47(46)48)72(108)91-55(33-42(9)10)71(107)87-50(25-19-21-29-77)69(105)90-53(31-40(5)6)66(102)84-38-61(99)86-49(24-18-20-28-76)68(104)88-51(26-27-58(78)96)70(106)95-63(44(12)15-2)75(111)94-54(32-41(7)8)67(103)83-37-60(98)85-45(13)65(101)89-52(64(81)100)30-39(3)4/h16-17,22-23,36,39-45,49-57,62-63,82H,14-15,18-21,24-35,37-38,76-77,80H2,1-13H3,(H2,78,96)(H2,79,97)(H2,81,100)(H,83,103)(H,84,102)(H,85,98)(H,86,99)(H,87,107)(H,88,104)(H,89,101)(H,90,105)(H,91,108)(H,92,109)(H,93,110)(H,94,111)(H,95,106)/t43-,44-,45-,49-,50-,51-,52-,53-,54-,55-,56-,57-,62-,63-/m0/s1. The maximum atomic E-state index is 14.7. The molecule has 2 aromatic rings. The third-order valence-electron chi connectivity index (χ3n) is 18.6. The van der Waals surface area contributed by atoms with E-state index in [1.54, 1.807) is 92.8 Å². The lowest BCUT2D eigenvalue weighted by molar-refractivity contribution is -0.136. The number of aromatic amines is 1. The summed E-state index contributed by atoms with van der Waals surface area (Å²) in [6.45, 7) is 21.7. The molecule has 0 saturated carbocycles. The number of H-pyrrole nitrogens is 1. The van der Waals surface area contributed by atoms with E-state index in [0.717, 1.165) is 0 Å². The van der Waals surface area contributed by atoms with Gasteiger partial charge in [0.15, 0.2) is 0 Å². The van der Waals surface area contributed by atoms with Crippen LogP contribution in [0.5, 0.6) is 0 Å². The summed E-state index contributed by atoms with van der Waals surface area (Å²) in [6.07, 6.45) is 2.58. The van der Waals surface area contributed by atoms with Gasteiger partial charge in [-0.1, -0.05) is 114 Å². The quantitative estimate of drug-likeness (QED) is 0.0312. The fraction of sp³-hybridized carbons (Fsp3) is 0.680. The number of rotatable bonds is 54. The highest BCUT2D eigenvalue weighted by molar-refractivity contribution is 6.00. The first-order chi connectivity index (χ1) is 52.2. The minimum absolute atomic E-state index is 0.00678. The number of hydrogen-bond acceptors (Lipinski definition) is 19. The fourth-order valence-electron chi connectivity index (χ4n) is 11.9. The third-order valence-corrected chi connectivity index (χ3v) is 18.6. The van der Waals surface area contributed by atoms with Gasteiger partial charge in [0.25, 0.3) is 0 Å². The Bertz CT molecular complexity index is 3440. The van der Waals surface area contributed by atoms with Crippen molar-refractivity contribution in [1.29, 1.82) is 0 Å². The Morgan fingerprint density at radius 2 is 0.793 bits per heavy atom. The van der Waals surface area contributed by atoms with E-state index < -0.39 is 199 Å². The predicted molar refractivity (Wildman–Crippen MR) is 417 cm³/mol. The van der Waals surface area contributed by atoms with Crippen LogP contribution in [0, 0.1) is 35.5 Å². The number of nitrogens with one attached hydrogen (secondary N) is 14. The van der Waals surface area contributed by atoms with Crippen molar-refractivity contribution in [3.8, 4) is 0 Å². The van der Waals surface area contributed by atoms with E-state index >= 15 is 0 Å². The fourth-order valence-corrected chi connectivity index (χ4v) is 11.9. The molecule has 0 aliphatic rings. The van der Waals surface area contributed by atoms with E-state index in [9.17, 15) is 76.7 Å². The molecule has 111 heavy (non-hydrogen) atoms. The number of carbonyl (C=O) groups is 16. The number of unbranched alkanes of at least 4 members (excludes halogenated alkanes) is 2. The minimum Gasteiger partial charge on any atom is -0.370 e. The van der Waals surface area contributed by atoms with Crippen LogP contribution < -0.4 is 104 Å². The number of nitrogens with two attached hydrogens (primary N) is 6. The van der Waals surface area contributed by atoms with Gasteiger partial charge in [0.1, 0.15) is 66.5 Å². The number of carbonyl (C=O) groups excluding carboxylic acids is 16. The molecule has 0 radical (unpaired) electrons. The van der Waals surface area contributed by atoms with E-state index in [4.69, 9.17) is 34.4 Å². The van der Waals surface area contributed by atoms with Crippen molar-refractivity contribution in [2.24, 2.45) is 69.9 Å². The van der Waals surface area contributed by atoms with Crippen LogP contribution in [-0.2, 0) is 83.1 Å². The number of para-hydroxylation sites is 1. The molecule has 1 aromatic carbocycles. The summed E-state index contributed by atoms with van der Waals surface area (Å²) in [5.41, 5.74) is 35.7. The van der Waals surface area contributed by atoms with Crippen molar-refractivity contribution < 1.29 is 76.7 Å². The van der Waals surface area contributed by atoms with Crippen LogP contribution in [0.4, 0.5) is 0 Å². The lowest BCUT2D eigenvalue weighted by atomic mass is 9.96. The van der Waals surface area contributed by atoms with Crippen LogP contribution in [0.1, 0.15) is 192 Å². The zero-order chi connectivity index (χ0) is 83.9. The second-order valence-electron chi connectivity index (χ2n) is 30.3. The van der Waals surface area contributed by atoms with Crippen molar-refractivity contribution in [3.05, 3.63) is 36.0 Å². The molecule has 0 saturated heterocycles. The van der Waals surface area contributed by atoms with Gasteiger partial charge in [0.05, 0.1) is 25.6 Å². The molecule has 36 heteroatoms. The maximum absolute atomic E-state index is 14.7. The smallest absolute Gasteiger partial charge is 0.243 e. The molecule has 624 valence electrons. The summed E-state index contributed by atoms with van der Waals surface area (Å²) >= 11 is 0. The van der Waals surface area contributed by atoms with Crippen LogP contribution in [-0.4, -0.2) is 198 Å². The molecule has 1 aromatic heterocycles. The van der Waals surface area contributed by atoms with Crippen molar-refractivity contribution in [1.82, 2.24) is 74.1 Å². The van der Waals surface area contributed by atoms with E-state index in [-0.39, 0.29) is 100 Å². The number of primary amides is 3. The first kappa shape index (κ1) is 97.2. The van der Waals surface area contributed by atoms with Crippen LogP contribution in [0.3, 0.4) is 0 Å². The molecule has 26 N–H and O–H groups in total. The maximum Gasteiger partial charge on any atom is 0.243 e. The monoisotopic (exact) mass is 1560 g/mol. The molecular formula is C75H128N20O16. The summed E-state index contributed by atoms with van der Waals surface area (Å²) in [6, 6.07) is -8.55. The van der Waals surface area contributed by atoms with E-state index in [1.165, 1.54) is 6.92 Å². The van der Waals surface area contributed by atoms with E-state index in [1.807, 2.05) is 20.8 Å². The van der Waals surface area contributed by atoms with Gasteiger partial charge in [-0.2, -0.15) is 0 Å². The second kappa shape index (κ2) is 50.1. The predicted octanol–water partition coefficient (Wildman–Crippen LogP) is -2.22. The van der Waals surface area contributed by atoms with Gasteiger partial charge < -0.3 is 109 Å². The Labute approximate surface area is 651 Å². The van der Waals surface area contributed by atoms with Gasteiger partial charge >= 0.3 is 0 Å². The number of aromatic nitrogens is 1. The number of fused-ring (bicyclic) bond motifs is 1. The average molecular weight is 1570 g/mol. The molecule has 14 atom stereocenters. The largest absolute Gasteiger partial charge is 0.370 e. The Hall–Kier alpha value is -9.84. The van der Waals surface area contributed by atoms with Gasteiger partial charge in [-0.15, -0.1) is 0 Å². The molecule has 0 bridgehead atoms. The Morgan fingerprint density at radius 1 is 0.396 bits per heavy atom. The minimum atomic E-state index is -1.55. The highest BCUT2D eigenvalue weighted by Gasteiger charge is 2.38. The topological polar surface area (TPSA) is 601 Å². The number of benzene rings is 1. The molecule has 0 aliphatic carbocycles. The van der Waals surface area contributed by atoms with Gasteiger partial charge in [-0.3, -0.25) is 76.7 Å². The van der Waals surface area contributed by atoms with Gasteiger partial charge in [-0.05, 0) is 138 Å². The van der Waals surface area contributed by atoms with Crippen molar-refractivity contribution in [2.75, 3.05) is 26.2 Å². The Balaban J connectivity index is 2.42. The first-order valence-corrected chi connectivity index (χ1v) is 38.6. The molecule has 0 fully saturated rings. The van der Waals surface area contributed by atoms with E-state index in [2.05, 4.69) is 74.1 Å². The van der Waals surface area contributed by atoms with Crippen LogP contribution >= 0.6 is 0 Å². The van der Waals surface area contributed by atoms with Crippen LogP contribution in [0.2, 0.25) is 0 Å². The molecule has 36 nitrogen and oxygen atoms in total. The SMILES string of the molecule is CC[C@H](C)[C@H](N)C(=O)N[C@@H](CC(N)=O)C(=O)N[C@@H](Cc1c[nH]c2ccccc12)C(=O)N[C@@H](CC(C)C)C(=O)N[C@@H](CCCCN)C(=O)N[C@@H](CC(C)C)C(=O)NCC(=O)N[C@@H](CCCCN)C(=O)N[C@@H](CCC(N)=O)C(=O)N[C@H](C(=O)N[C@@H](CC(C)C)C(=O)NCC(=O)N[C@@H](C)C(=O)N[C@@H](CC(C)C)C(N)=O)[C@@H](C)CC. The summed E-state index contributed by atoms with van der Waals surface area (Å²) in [4.78, 5) is 222. The summed E-state index contributed by atoms with van der Waals surface area (Å²) in [5, 5.41) is 34.6. The van der Waals surface area contributed by atoms with Crippen molar-refractivity contribution in [3.63, 3.8) is 0 Å². The third kappa shape index (κ3) is 36.3. The van der Waals surface area contributed by atoms with Gasteiger partial charge in [0, 0.05) is 29.9 Å². The van der Waals surface area contributed by atoms with Gasteiger partial charge in [0.2, 0.25) is 94.5 Å². The average Bonchev–Trinajstić information content (AvgIpc) is 1.71. The zero-order valence-electron chi connectivity index (χ0n) is 66.9. The number of hydrogen-bond donors (Lipinski definition) is 20. The highest BCUT2D eigenvalue weighted by atomic mass is 16.2. The normalized spacial score (nSPS) is 15.2. The summed E-state index contributed by atoms with van der Waals surface area (Å²) in [5.74, 6) is -14.9. The Morgan fingerprint density at radius 3 is 1.27 bits per heavy atom. The molecule has 0 aliphatic heterocycles. The molecular weight excluding hydrogens is 1440 g/mol. The summed E-state index contributed by atoms with van der Waals surface area (Å²) in [7, 11) is 0. The summed E-state index contributed by atoms with van der Waals surface area (Å²) < 4.78 is 0. The molecule has 1 heterocycles. The lowest BCUT2D eigenvalue weighted by Gasteiger charge is -2.29. The zero-order valence-corrected chi connectivity index (χ0v) is 66.9. The molecule has 0 unspecified atom stereocenters. The van der Waals surface area contributed by atoms with Crippen LogP contribution in [0.25, 0.3) is 10.9 Å².